The standard InChI is InChI=1S/C15H21N3O2S/c1-9-17-12-3-2-11(8-13(12)21-9)15(20)18-6-4-10(5-7-18)14(16)19/h10-11H,2-8H2,1H3,(H2,16,19). The van der Waals surface area contributed by atoms with E-state index in [1.54, 1.807) is 11.3 Å². The average molecular weight is 307 g/mol. The number of aryl methyl sites for hydroxylation is 2. The first kappa shape index (κ1) is 14.5. The van der Waals surface area contributed by atoms with Crippen molar-refractivity contribution in [1.29, 1.82) is 0 Å². The summed E-state index contributed by atoms with van der Waals surface area (Å²) in [5, 5.41) is 1.09. The van der Waals surface area contributed by atoms with Gasteiger partial charge in [0.05, 0.1) is 10.7 Å². The number of nitrogens with two attached hydrogens (primary N) is 1. The predicted molar refractivity (Wildman–Crippen MR) is 80.9 cm³/mol. The van der Waals surface area contributed by atoms with Gasteiger partial charge >= 0.3 is 0 Å². The van der Waals surface area contributed by atoms with E-state index in [-0.39, 0.29) is 23.7 Å². The van der Waals surface area contributed by atoms with Crippen molar-refractivity contribution in [3.63, 3.8) is 0 Å². The number of amides is 2. The Labute approximate surface area is 128 Å². The second kappa shape index (κ2) is 5.75. The molecule has 1 aromatic rings. The highest BCUT2D eigenvalue weighted by Crippen LogP contribution is 2.31. The molecule has 2 N–H and O–H groups in total. The molecule has 21 heavy (non-hydrogen) atoms. The SMILES string of the molecule is Cc1nc2c(s1)CC(C(=O)N1CCC(C(N)=O)CC1)CC2. The van der Waals surface area contributed by atoms with Crippen LogP contribution in [0.25, 0.3) is 0 Å². The maximum absolute atomic E-state index is 12.6. The van der Waals surface area contributed by atoms with Gasteiger partial charge in [0.1, 0.15) is 0 Å². The summed E-state index contributed by atoms with van der Waals surface area (Å²) in [5.41, 5.74) is 6.53. The molecule has 1 atom stereocenters. The third kappa shape index (κ3) is 2.95. The zero-order valence-electron chi connectivity index (χ0n) is 12.3. The molecule has 1 unspecified atom stereocenters. The lowest BCUT2D eigenvalue weighted by Crippen LogP contribution is -2.45. The Bertz CT molecular complexity index is 561. The van der Waals surface area contributed by atoms with Crippen molar-refractivity contribution in [3.8, 4) is 0 Å². The number of aromatic nitrogens is 1. The smallest absolute Gasteiger partial charge is 0.226 e. The second-order valence-corrected chi connectivity index (χ2v) is 7.33. The molecule has 0 bridgehead atoms. The van der Waals surface area contributed by atoms with Crippen LogP contribution < -0.4 is 5.73 Å². The van der Waals surface area contributed by atoms with Crippen molar-refractivity contribution in [2.24, 2.45) is 17.6 Å². The molecule has 1 fully saturated rings. The third-order valence-corrected chi connectivity index (χ3v) is 5.64. The molecule has 1 aliphatic heterocycles. The summed E-state index contributed by atoms with van der Waals surface area (Å²) in [6, 6.07) is 0. The van der Waals surface area contributed by atoms with Gasteiger partial charge in [0.25, 0.3) is 0 Å². The van der Waals surface area contributed by atoms with Crippen molar-refractivity contribution in [3.05, 3.63) is 15.6 Å². The first-order valence-corrected chi connectivity index (χ1v) is 8.39. The van der Waals surface area contributed by atoms with Gasteiger partial charge in [0.15, 0.2) is 0 Å². The predicted octanol–water partition coefficient (Wildman–Crippen LogP) is 1.28. The molecule has 5 nitrogen and oxygen atoms in total. The number of rotatable bonds is 2. The number of likely N-dealkylation sites (tertiary alicyclic amines) is 1. The summed E-state index contributed by atoms with van der Waals surface area (Å²) in [6.45, 7) is 3.35. The highest BCUT2D eigenvalue weighted by atomic mass is 32.1. The van der Waals surface area contributed by atoms with Crippen molar-refractivity contribution in [2.45, 2.75) is 39.0 Å². The van der Waals surface area contributed by atoms with Crippen molar-refractivity contribution in [1.82, 2.24) is 9.88 Å². The molecule has 0 spiro atoms. The minimum Gasteiger partial charge on any atom is -0.369 e. The lowest BCUT2D eigenvalue weighted by molar-refractivity contribution is -0.139. The normalized spacial score (nSPS) is 22.9. The molecule has 114 valence electrons. The molecule has 1 aliphatic carbocycles. The third-order valence-electron chi connectivity index (χ3n) is 4.60. The molecule has 0 aromatic carbocycles. The number of fused-ring (bicyclic) bond motifs is 1. The topological polar surface area (TPSA) is 76.3 Å². The largest absolute Gasteiger partial charge is 0.369 e. The van der Waals surface area contributed by atoms with Gasteiger partial charge in [-0.15, -0.1) is 11.3 Å². The molecule has 6 heteroatoms. The Morgan fingerprint density at radius 2 is 1.95 bits per heavy atom. The Morgan fingerprint density at radius 1 is 1.24 bits per heavy atom. The van der Waals surface area contributed by atoms with Crippen LogP contribution >= 0.6 is 11.3 Å². The summed E-state index contributed by atoms with van der Waals surface area (Å²) >= 11 is 1.72. The van der Waals surface area contributed by atoms with Gasteiger partial charge in [-0.2, -0.15) is 0 Å². The molecule has 1 aromatic heterocycles. The summed E-state index contributed by atoms with van der Waals surface area (Å²) in [4.78, 5) is 31.6. The summed E-state index contributed by atoms with van der Waals surface area (Å²) in [5.74, 6) is 0.0396. The number of hydrogen-bond acceptors (Lipinski definition) is 4. The van der Waals surface area contributed by atoms with Crippen LogP contribution in [0.2, 0.25) is 0 Å². The van der Waals surface area contributed by atoms with Gasteiger partial charge in [-0.3, -0.25) is 9.59 Å². The van der Waals surface area contributed by atoms with Crippen molar-refractivity contribution in [2.75, 3.05) is 13.1 Å². The van der Waals surface area contributed by atoms with Crippen LogP contribution in [0.1, 0.15) is 34.8 Å². The lowest BCUT2D eigenvalue weighted by atomic mass is 9.88. The fraction of sp³-hybridized carbons (Fsp3) is 0.667. The van der Waals surface area contributed by atoms with Crippen LogP contribution in [0.5, 0.6) is 0 Å². The fourth-order valence-corrected chi connectivity index (χ4v) is 4.42. The van der Waals surface area contributed by atoms with Gasteiger partial charge in [-0.25, -0.2) is 4.98 Å². The van der Waals surface area contributed by atoms with Gasteiger partial charge in [-0.1, -0.05) is 0 Å². The van der Waals surface area contributed by atoms with Gasteiger partial charge < -0.3 is 10.6 Å². The van der Waals surface area contributed by atoms with Crippen LogP contribution in [0.3, 0.4) is 0 Å². The number of carbonyl (C=O) groups excluding carboxylic acids is 2. The summed E-state index contributed by atoms with van der Waals surface area (Å²) < 4.78 is 0. The molecule has 1 saturated heterocycles. The number of hydrogen-bond donors (Lipinski definition) is 1. The van der Waals surface area contributed by atoms with E-state index in [1.165, 1.54) is 10.6 Å². The van der Waals surface area contributed by atoms with E-state index in [2.05, 4.69) is 4.98 Å². The zero-order valence-corrected chi connectivity index (χ0v) is 13.1. The highest BCUT2D eigenvalue weighted by Gasteiger charge is 2.32. The number of nitrogens with zero attached hydrogens (tertiary/aromatic N) is 2. The van der Waals surface area contributed by atoms with Gasteiger partial charge in [0, 0.05) is 29.8 Å². The van der Waals surface area contributed by atoms with E-state index in [9.17, 15) is 9.59 Å². The minimum absolute atomic E-state index is 0.0591. The molecule has 3 rings (SSSR count). The van der Waals surface area contributed by atoms with Crippen molar-refractivity contribution < 1.29 is 9.59 Å². The van der Waals surface area contributed by atoms with E-state index < -0.39 is 0 Å². The molecule has 2 heterocycles. The number of primary amides is 1. The second-order valence-electron chi connectivity index (χ2n) is 6.04. The Kier molecular flexibility index (Phi) is 3.97. The molecule has 0 radical (unpaired) electrons. The van der Waals surface area contributed by atoms with E-state index in [4.69, 9.17) is 5.73 Å². The van der Waals surface area contributed by atoms with Crippen LogP contribution in [-0.2, 0) is 22.4 Å². The fourth-order valence-electron chi connectivity index (χ4n) is 3.36. The molecule has 0 saturated carbocycles. The van der Waals surface area contributed by atoms with Crippen LogP contribution in [0, 0.1) is 18.8 Å². The van der Waals surface area contributed by atoms with E-state index >= 15 is 0 Å². The first-order valence-electron chi connectivity index (χ1n) is 7.58. The number of piperidine rings is 1. The summed E-state index contributed by atoms with van der Waals surface area (Å²) in [7, 11) is 0. The lowest BCUT2D eigenvalue weighted by Gasteiger charge is -2.34. The zero-order chi connectivity index (χ0) is 15.0. The first-order chi connectivity index (χ1) is 10.0. The Morgan fingerprint density at radius 3 is 2.62 bits per heavy atom. The van der Waals surface area contributed by atoms with Gasteiger partial charge in [-0.05, 0) is 39.0 Å². The number of carbonyl (C=O) groups is 2. The van der Waals surface area contributed by atoms with E-state index in [0.29, 0.717) is 25.9 Å². The van der Waals surface area contributed by atoms with E-state index in [1.807, 2.05) is 11.8 Å². The molecule has 2 amide bonds. The van der Waals surface area contributed by atoms with E-state index in [0.717, 1.165) is 24.3 Å². The Balaban J connectivity index is 1.61. The van der Waals surface area contributed by atoms with Crippen LogP contribution in [0.4, 0.5) is 0 Å². The molecular formula is C15H21N3O2S. The number of thiazole rings is 1. The Hall–Kier alpha value is -1.43. The maximum Gasteiger partial charge on any atom is 0.226 e. The minimum atomic E-state index is -0.232. The average Bonchev–Trinajstić information content (AvgIpc) is 2.85. The van der Waals surface area contributed by atoms with Crippen LogP contribution in [0.15, 0.2) is 0 Å². The highest BCUT2D eigenvalue weighted by molar-refractivity contribution is 7.11. The quantitative estimate of drug-likeness (QED) is 0.894. The summed E-state index contributed by atoms with van der Waals surface area (Å²) in [6.07, 6.45) is 4.05. The molecular weight excluding hydrogens is 286 g/mol. The molecule has 2 aliphatic rings. The van der Waals surface area contributed by atoms with Crippen LogP contribution in [-0.4, -0.2) is 34.8 Å². The maximum atomic E-state index is 12.6. The monoisotopic (exact) mass is 307 g/mol. The van der Waals surface area contributed by atoms with Gasteiger partial charge in [0.2, 0.25) is 11.8 Å². The van der Waals surface area contributed by atoms with Crippen molar-refractivity contribution >= 4 is 23.2 Å².